The van der Waals surface area contributed by atoms with Crippen molar-refractivity contribution in [3.8, 4) is 33.4 Å². The van der Waals surface area contributed by atoms with Gasteiger partial charge in [-0.05, 0) is 200 Å². The molecule has 0 aliphatic heterocycles. The largest absolute Gasteiger partial charge is 0.416 e. The van der Waals surface area contributed by atoms with Crippen LogP contribution in [0, 0.1) is 32.4 Å². The molecule has 0 unspecified atom stereocenters. The summed E-state index contributed by atoms with van der Waals surface area (Å²) in [4.78, 5) is 138. The van der Waals surface area contributed by atoms with E-state index in [1.807, 2.05) is 122 Å². The molecule has 0 bridgehead atoms. The molecular formula is C104H80Cl2F5N13O9S. The van der Waals surface area contributed by atoms with Crippen LogP contribution in [-0.4, -0.2) is 86.4 Å². The normalized spacial score (nSPS) is 12.1. The highest BCUT2D eigenvalue weighted by Gasteiger charge is 2.35. The van der Waals surface area contributed by atoms with E-state index in [9.17, 15) is 60.7 Å². The maximum absolute atomic E-state index is 15.1. The molecule has 11 aromatic heterocycles. The monoisotopic (exact) mass is 1850 g/mol. The molecule has 19 aromatic rings. The summed E-state index contributed by atoms with van der Waals surface area (Å²) in [7, 11) is 0. The van der Waals surface area contributed by atoms with Crippen LogP contribution in [0.25, 0.3) is 125 Å². The number of rotatable bonds is 17. The van der Waals surface area contributed by atoms with Crippen LogP contribution in [0.4, 0.5) is 27.8 Å². The lowest BCUT2D eigenvalue weighted by atomic mass is 9.92. The molecule has 134 heavy (non-hydrogen) atoms. The number of benzene rings is 8. The number of alkyl halides is 3. The number of Topliss-reactive ketones (excluding diaryl/α,β-unsaturated/α-hetero) is 5. The SMILES string of the molecule is CC(=O)c1c(-c2ccc[nH]c2=O)c2cc(C(F)(F)F)ccc2n1Cc1cc2ccccc2nc1Cl.CC(=O)c1c(-c2ccc[nH]c2=O)c2cc(C)c(C)cc2n1Cc1cc2c(=O)[nH]cnc2cc1F.CC(=O)c1c(C2=CC=CCC2=O)c2cc(C)c(F)cc2n1Cc1ccc2snc(N)c2c1.CCc1ccc2c(c1)c(-c1ccc[nH]c1=O)c(C(C)=O)n2Cc1cc2ccccc2nc1Cl. The molecule has 30 heteroatoms. The number of fused-ring (bicyclic) bond motifs is 8. The lowest BCUT2D eigenvalue weighted by molar-refractivity contribution is -0.137. The van der Waals surface area contributed by atoms with Gasteiger partial charge >= 0.3 is 6.18 Å². The Kier molecular flexibility index (Phi) is 24.7. The minimum Gasteiger partial charge on any atom is -0.382 e. The van der Waals surface area contributed by atoms with Gasteiger partial charge in [0.15, 0.2) is 28.9 Å². The van der Waals surface area contributed by atoms with Crippen LogP contribution in [0.3, 0.4) is 0 Å². The number of aryl methyl sites for hydroxylation is 4. The van der Waals surface area contributed by atoms with Crippen LogP contribution in [0.15, 0.2) is 250 Å². The van der Waals surface area contributed by atoms with Gasteiger partial charge in [0.1, 0.15) is 27.8 Å². The van der Waals surface area contributed by atoms with Gasteiger partial charge in [0.2, 0.25) is 0 Å². The van der Waals surface area contributed by atoms with Crippen molar-refractivity contribution >= 4 is 161 Å². The van der Waals surface area contributed by atoms with Crippen molar-refractivity contribution in [2.75, 3.05) is 5.73 Å². The Morgan fingerprint density at radius 3 is 1.46 bits per heavy atom. The smallest absolute Gasteiger partial charge is 0.382 e. The minimum absolute atomic E-state index is 0.00520. The number of nitrogen functional groups attached to an aromatic ring is 1. The zero-order valence-corrected chi connectivity index (χ0v) is 75.4. The summed E-state index contributed by atoms with van der Waals surface area (Å²) in [5.41, 5.74) is 18.7. The molecule has 0 fully saturated rings. The Balaban J connectivity index is 0.000000124. The second kappa shape index (κ2) is 36.7. The first-order valence-electron chi connectivity index (χ1n) is 42.4. The number of hydrogen-bond donors (Lipinski definition) is 5. The molecule has 0 atom stereocenters. The van der Waals surface area contributed by atoms with Gasteiger partial charge in [0.25, 0.3) is 22.2 Å². The molecule has 6 N–H and O–H groups in total. The molecule has 670 valence electrons. The van der Waals surface area contributed by atoms with Gasteiger partial charge in [-0.1, -0.05) is 96.9 Å². The fourth-order valence-electron chi connectivity index (χ4n) is 17.6. The van der Waals surface area contributed by atoms with Crippen LogP contribution in [0.5, 0.6) is 0 Å². The number of nitrogens with one attached hydrogen (secondary N) is 4. The van der Waals surface area contributed by atoms with Gasteiger partial charge in [-0.25, -0.2) is 23.7 Å². The Hall–Kier alpha value is -15.5. The summed E-state index contributed by atoms with van der Waals surface area (Å²) in [5.74, 6) is -1.46. The lowest BCUT2D eigenvalue weighted by Crippen LogP contribution is -2.13. The number of pyridine rings is 5. The quantitative estimate of drug-likeness (QED) is 0.0322. The molecule has 0 spiro atoms. The van der Waals surface area contributed by atoms with Gasteiger partial charge < -0.3 is 43.9 Å². The van der Waals surface area contributed by atoms with E-state index in [0.29, 0.717) is 113 Å². The van der Waals surface area contributed by atoms with E-state index in [-0.39, 0.29) is 109 Å². The number of para-hydroxylation sites is 2. The highest BCUT2D eigenvalue weighted by Crippen LogP contribution is 2.44. The summed E-state index contributed by atoms with van der Waals surface area (Å²) in [6, 6.07) is 53.9. The zero-order valence-electron chi connectivity index (χ0n) is 73.1. The van der Waals surface area contributed by atoms with Gasteiger partial charge in [-0.15, -0.1) is 0 Å². The fourth-order valence-corrected chi connectivity index (χ4v) is 18.7. The predicted molar refractivity (Wildman–Crippen MR) is 517 cm³/mol. The zero-order chi connectivity index (χ0) is 94.7. The van der Waals surface area contributed by atoms with Gasteiger partial charge in [-0.2, -0.15) is 17.5 Å². The molecule has 0 radical (unpaired) electrons. The predicted octanol–water partition coefficient (Wildman–Crippen LogP) is 22.2. The van der Waals surface area contributed by atoms with E-state index in [1.54, 1.807) is 75.4 Å². The maximum atomic E-state index is 15.1. The van der Waals surface area contributed by atoms with Crippen molar-refractivity contribution in [2.24, 2.45) is 0 Å². The van der Waals surface area contributed by atoms with Crippen molar-refractivity contribution in [2.45, 2.75) is 101 Å². The summed E-state index contributed by atoms with van der Waals surface area (Å²) >= 11 is 14.4. The van der Waals surface area contributed by atoms with Crippen LogP contribution >= 0.6 is 34.7 Å². The highest BCUT2D eigenvalue weighted by atomic mass is 35.5. The van der Waals surface area contributed by atoms with E-state index in [4.69, 9.17) is 28.9 Å². The third-order valence-corrected chi connectivity index (χ3v) is 25.5. The molecule has 22 nitrogen and oxygen atoms in total. The molecule has 0 saturated heterocycles. The Morgan fingerprint density at radius 2 is 0.925 bits per heavy atom. The second-order valence-electron chi connectivity index (χ2n) is 32.7. The lowest BCUT2D eigenvalue weighted by Gasteiger charge is -2.12. The number of aromatic nitrogens is 12. The summed E-state index contributed by atoms with van der Waals surface area (Å²) in [6.45, 7) is 14.2. The van der Waals surface area contributed by atoms with Crippen LogP contribution in [-0.2, 0) is 43.6 Å². The third-order valence-electron chi connectivity index (χ3n) is 24.0. The molecular weight excluding hydrogens is 1770 g/mol. The first-order chi connectivity index (χ1) is 64.2. The number of hydrogen-bond acceptors (Lipinski definition) is 15. The Morgan fingerprint density at radius 1 is 0.455 bits per heavy atom. The van der Waals surface area contributed by atoms with Crippen LogP contribution in [0.1, 0.15) is 139 Å². The van der Waals surface area contributed by atoms with Gasteiger partial charge in [0.05, 0.1) is 86.5 Å². The first kappa shape index (κ1) is 90.4. The number of anilines is 1. The molecule has 20 rings (SSSR count). The van der Waals surface area contributed by atoms with Crippen LogP contribution in [0.2, 0.25) is 10.3 Å². The van der Waals surface area contributed by atoms with Gasteiger partial charge in [-0.3, -0.25) is 43.2 Å². The van der Waals surface area contributed by atoms with Crippen molar-refractivity contribution < 1.29 is 45.9 Å². The average Bonchev–Trinajstić information content (AvgIpc) is 1.60. The number of H-pyrrole nitrogens is 4. The van der Waals surface area contributed by atoms with Crippen molar-refractivity contribution in [1.82, 2.24) is 57.5 Å². The first-order valence-corrected chi connectivity index (χ1v) is 44.0. The van der Waals surface area contributed by atoms with Crippen LogP contribution < -0.4 is 28.0 Å². The fraction of sp³-hybridized carbons (Fsp3) is 0.144. The highest BCUT2D eigenvalue weighted by molar-refractivity contribution is 7.13. The number of carbonyl (C=O) groups is 5. The number of allylic oxidation sites excluding steroid dienone is 4. The number of ketones is 5. The Bertz CT molecular complexity index is 8500. The average molecular weight is 1850 g/mol. The summed E-state index contributed by atoms with van der Waals surface area (Å²) in [6.07, 6.45) is 7.64. The molecule has 0 amide bonds. The number of carbonyl (C=O) groups excluding carboxylic acids is 5. The molecule has 11 heterocycles. The third kappa shape index (κ3) is 17.2. The second-order valence-corrected chi connectivity index (χ2v) is 34.2. The molecule has 8 aromatic carbocycles. The summed E-state index contributed by atoms with van der Waals surface area (Å²) < 4.78 is 82.7. The van der Waals surface area contributed by atoms with E-state index >= 15 is 4.39 Å². The molecule has 0 saturated carbocycles. The van der Waals surface area contributed by atoms with E-state index in [0.717, 1.165) is 89.0 Å². The van der Waals surface area contributed by atoms with E-state index < -0.39 is 28.9 Å². The van der Waals surface area contributed by atoms with Gasteiger partial charge in [0, 0.05) is 181 Å². The topological polar surface area (TPSA) is 314 Å². The standard InChI is InChI=1S/C27H22ClN3O2.C26H17ClF3N3O2.C26H21FN4O3.C25H20FN3O2S/c1-3-17-10-11-23-21(13-17)24(20-8-6-12-29-27(20)33)25(16(2)32)31(23)15-19-14-18-7-4-5-9-22(18)30-26(19)28;1-14(34)23-22(18-6-4-10-31-25(18)35)19-12-17(26(28,29)30)8-9-21(19)33(23)13-16-11-15-5-2-3-7-20(15)32-24(16)27;1-13-7-19-22(8-14(13)2)31(24(15(3)32)23(19)17-5-4-6-28-25(17)33)11-16-9-18-21(10-20(16)27)29-12-30-26(18)34;1-13-9-17-20(11-19(13)26)29(12-15-7-8-22-18(10-15)25(27)28-32-22)24(14(2)30)23(17)16-5-3-4-6-21(16)31/h4-14H,3,15H2,1-2H3,(H,29,33);2-12H,13H2,1H3,(H,31,35);4-10,12H,11H2,1-3H3,(H,28,33)(H,29,30,34);3-5,7-11H,6,12H2,1-2H3,(H2,27,28). The number of nitrogens with zero attached hydrogens (tertiary/aromatic N) is 8. The number of halogens is 7. The van der Waals surface area contributed by atoms with E-state index in [2.05, 4.69) is 58.3 Å². The Labute approximate surface area is 772 Å². The van der Waals surface area contributed by atoms with Crippen molar-refractivity contribution in [3.63, 3.8) is 0 Å². The maximum Gasteiger partial charge on any atom is 0.416 e. The number of nitrogens with two attached hydrogens (primary N) is 1. The van der Waals surface area contributed by atoms with E-state index in [1.165, 1.54) is 88.3 Å². The number of aromatic amines is 4. The minimum atomic E-state index is -4.60. The van der Waals surface area contributed by atoms with Crippen molar-refractivity contribution in [1.29, 1.82) is 0 Å². The van der Waals surface area contributed by atoms with Crippen molar-refractivity contribution in [3.05, 3.63) is 373 Å². The summed E-state index contributed by atoms with van der Waals surface area (Å²) in [5, 5.41) is 5.97. The molecule has 1 aliphatic carbocycles. The molecule has 1 aliphatic rings.